The number of piperidine rings is 1. The van der Waals surface area contributed by atoms with Gasteiger partial charge in [0.2, 0.25) is 5.91 Å². The first kappa shape index (κ1) is 14.4. The number of rotatable bonds is 4. The largest absolute Gasteiger partial charge is 0.311 e. The molecule has 1 aliphatic heterocycles. The molecule has 104 valence electrons. The highest BCUT2D eigenvalue weighted by Crippen LogP contribution is 2.25. The van der Waals surface area contributed by atoms with Gasteiger partial charge in [-0.15, -0.1) is 11.8 Å². The lowest BCUT2D eigenvalue weighted by molar-refractivity contribution is -0.121. The van der Waals surface area contributed by atoms with E-state index in [2.05, 4.69) is 37.6 Å². The number of benzene rings is 1. The van der Waals surface area contributed by atoms with Gasteiger partial charge < -0.3 is 10.2 Å². The van der Waals surface area contributed by atoms with Crippen molar-refractivity contribution in [2.75, 3.05) is 17.7 Å². The monoisotopic (exact) mass is 278 g/mol. The average Bonchev–Trinajstić information content (AvgIpc) is 2.41. The number of hydrogen-bond donors (Lipinski definition) is 1. The number of hydrogen-bond acceptors (Lipinski definition) is 3. The molecule has 1 aromatic carbocycles. The quantitative estimate of drug-likeness (QED) is 0.860. The first-order valence-corrected chi connectivity index (χ1v) is 8.06. The molecule has 19 heavy (non-hydrogen) atoms. The summed E-state index contributed by atoms with van der Waals surface area (Å²) in [6.45, 7) is 4.99. The van der Waals surface area contributed by atoms with Gasteiger partial charge in [-0.3, -0.25) is 4.79 Å². The number of nitrogens with zero attached hydrogens (tertiary/aromatic N) is 1. The van der Waals surface area contributed by atoms with Gasteiger partial charge >= 0.3 is 0 Å². The second-order valence-electron chi connectivity index (χ2n) is 5.21. The van der Waals surface area contributed by atoms with Crippen molar-refractivity contribution in [3.63, 3.8) is 0 Å². The third kappa shape index (κ3) is 3.51. The molecule has 0 spiro atoms. The minimum absolute atomic E-state index is 0.0355. The van der Waals surface area contributed by atoms with Crippen molar-refractivity contribution in [3.8, 4) is 0 Å². The Hall–Kier alpha value is -1.00. The van der Waals surface area contributed by atoms with Crippen LogP contribution in [0.2, 0.25) is 0 Å². The lowest BCUT2D eigenvalue weighted by Gasteiger charge is -2.33. The van der Waals surface area contributed by atoms with Crippen LogP contribution in [0.1, 0.15) is 26.7 Å². The van der Waals surface area contributed by atoms with Crippen LogP contribution < -0.4 is 10.2 Å². The van der Waals surface area contributed by atoms with E-state index in [9.17, 15) is 4.79 Å². The van der Waals surface area contributed by atoms with Crippen molar-refractivity contribution in [2.45, 2.75) is 43.7 Å². The van der Waals surface area contributed by atoms with E-state index in [1.807, 2.05) is 17.0 Å². The third-order valence-corrected chi connectivity index (χ3v) is 4.06. The van der Waals surface area contributed by atoms with E-state index < -0.39 is 0 Å². The predicted molar refractivity (Wildman–Crippen MR) is 81.9 cm³/mol. The molecule has 1 amide bonds. The highest BCUT2D eigenvalue weighted by Gasteiger charge is 2.29. The molecule has 1 fully saturated rings. The van der Waals surface area contributed by atoms with Crippen LogP contribution >= 0.6 is 11.8 Å². The van der Waals surface area contributed by atoms with Crippen molar-refractivity contribution in [1.82, 2.24) is 5.32 Å². The molecule has 1 atom stereocenters. The first-order valence-electron chi connectivity index (χ1n) is 6.83. The number of anilines is 1. The molecule has 3 nitrogen and oxygen atoms in total. The molecule has 1 saturated heterocycles. The molecule has 1 N–H and O–H groups in total. The SMILES string of the molecule is CSc1cccc(N2CCCC(NC(C)C)C2=O)c1. The molecular formula is C15H22N2OS. The van der Waals surface area contributed by atoms with Crippen molar-refractivity contribution in [3.05, 3.63) is 24.3 Å². The summed E-state index contributed by atoms with van der Waals surface area (Å²) >= 11 is 1.71. The minimum Gasteiger partial charge on any atom is -0.311 e. The van der Waals surface area contributed by atoms with Crippen molar-refractivity contribution < 1.29 is 4.79 Å². The van der Waals surface area contributed by atoms with E-state index >= 15 is 0 Å². The Labute approximate surface area is 119 Å². The summed E-state index contributed by atoms with van der Waals surface area (Å²) in [5.74, 6) is 0.207. The lowest BCUT2D eigenvalue weighted by Crippen LogP contribution is -2.52. The maximum Gasteiger partial charge on any atom is 0.244 e. The number of amides is 1. The van der Waals surface area contributed by atoms with Crippen LogP contribution in [0.4, 0.5) is 5.69 Å². The number of carbonyl (C=O) groups excluding carboxylic acids is 1. The van der Waals surface area contributed by atoms with E-state index in [1.165, 1.54) is 4.90 Å². The maximum absolute atomic E-state index is 12.5. The summed E-state index contributed by atoms with van der Waals surface area (Å²) in [6.07, 6.45) is 4.05. The lowest BCUT2D eigenvalue weighted by atomic mass is 10.0. The smallest absolute Gasteiger partial charge is 0.244 e. The van der Waals surface area contributed by atoms with Gasteiger partial charge in [0.05, 0.1) is 6.04 Å². The van der Waals surface area contributed by atoms with Gasteiger partial charge in [0, 0.05) is 23.2 Å². The van der Waals surface area contributed by atoms with E-state index in [0.29, 0.717) is 6.04 Å². The molecule has 4 heteroatoms. The van der Waals surface area contributed by atoms with Crippen LogP contribution in [0.5, 0.6) is 0 Å². The Bertz CT molecular complexity index is 448. The van der Waals surface area contributed by atoms with Gasteiger partial charge in [-0.1, -0.05) is 19.9 Å². The van der Waals surface area contributed by atoms with Gasteiger partial charge in [-0.2, -0.15) is 0 Å². The molecule has 2 rings (SSSR count). The zero-order chi connectivity index (χ0) is 13.8. The van der Waals surface area contributed by atoms with Crippen LogP contribution in [0.25, 0.3) is 0 Å². The third-order valence-electron chi connectivity index (χ3n) is 3.34. The molecule has 0 aliphatic carbocycles. The highest BCUT2D eigenvalue weighted by atomic mass is 32.2. The Morgan fingerprint density at radius 1 is 1.42 bits per heavy atom. The first-order chi connectivity index (χ1) is 9.11. The Balaban J connectivity index is 2.16. The molecule has 0 saturated carbocycles. The molecule has 1 aromatic rings. The maximum atomic E-state index is 12.5. The van der Waals surface area contributed by atoms with Crippen molar-refractivity contribution >= 4 is 23.4 Å². The summed E-state index contributed by atoms with van der Waals surface area (Å²) < 4.78 is 0. The van der Waals surface area contributed by atoms with Crippen LogP contribution in [0, 0.1) is 0 Å². The summed E-state index contributed by atoms with van der Waals surface area (Å²) in [5.41, 5.74) is 1.02. The van der Waals surface area contributed by atoms with Gasteiger partial charge in [0.1, 0.15) is 0 Å². The minimum atomic E-state index is -0.0355. The molecular weight excluding hydrogens is 256 g/mol. The average molecular weight is 278 g/mol. The zero-order valence-electron chi connectivity index (χ0n) is 11.8. The van der Waals surface area contributed by atoms with Crippen molar-refractivity contribution in [2.24, 2.45) is 0 Å². The van der Waals surface area contributed by atoms with Gasteiger partial charge in [-0.25, -0.2) is 0 Å². The molecule has 1 heterocycles. The number of carbonyl (C=O) groups is 1. The second-order valence-corrected chi connectivity index (χ2v) is 6.09. The van der Waals surface area contributed by atoms with E-state index in [0.717, 1.165) is 25.1 Å². The Kier molecular flexibility index (Phi) is 4.88. The predicted octanol–water partition coefficient (Wildman–Crippen LogP) is 2.90. The van der Waals surface area contributed by atoms with E-state index in [-0.39, 0.29) is 11.9 Å². The van der Waals surface area contributed by atoms with Crippen molar-refractivity contribution in [1.29, 1.82) is 0 Å². The van der Waals surface area contributed by atoms with Gasteiger partial charge in [-0.05, 0) is 37.3 Å². The van der Waals surface area contributed by atoms with Crippen LogP contribution in [0.15, 0.2) is 29.2 Å². The van der Waals surface area contributed by atoms with Crippen LogP contribution in [-0.4, -0.2) is 30.8 Å². The Morgan fingerprint density at radius 2 is 2.21 bits per heavy atom. The summed E-state index contributed by atoms with van der Waals surface area (Å²) in [7, 11) is 0. The van der Waals surface area contributed by atoms with E-state index in [1.54, 1.807) is 11.8 Å². The van der Waals surface area contributed by atoms with Gasteiger partial charge in [0.15, 0.2) is 0 Å². The highest BCUT2D eigenvalue weighted by molar-refractivity contribution is 7.98. The van der Waals surface area contributed by atoms with Crippen LogP contribution in [-0.2, 0) is 4.79 Å². The molecule has 0 bridgehead atoms. The summed E-state index contributed by atoms with van der Waals surface area (Å²) in [6, 6.07) is 8.52. The Morgan fingerprint density at radius 3 is 2.89 bits per heavy atom. The molecule has 0 radical (unpaired) electrons. The number of thioether (sulfide) groups is 1. The fourth-order valence-electron chi connectivity index (χ4n) is 2.47. The zero-order valence-corrected chi connectivity index (χ0v) is 12.7. The van der Waals surface area contributed by atoms with E-state index in [4.69, 9.17) is 0 Å². The summed E-state index contributed by atoms with van der Waals surface area (Å²) in [5, 5.41) is 3.36. The summed E-state index contributed by atoms with van der Waals surface area (Å²) in [4.78, 5) is 15.6. The molecule has 0 aromatic heterocycles. The fourth-order valence-corrected chi connectivity index (χ4v) is 2.92. The molecule has 1 aliphatic rings. The number of nitrogens with one attached hydrogen (secondary N) is 1. The topological polar surface area (TPSA) is 32.3 Å². The second kappa shape index (κ2) is 6.44. The standard InChI is InChI=1S/C15H22N2OS/c1-11(2)16-14-8-5-9-17(15(14)18)12-6-4-7-13(10-12)19-3/h4,6-7,10-11,14,16H,5,8-9H2,1-3H3. The fraction of sp³-hybridized carbons (Fsp3) is 0.533. The molecule has 1 unspecified atom stereocenters. The van der Waals surface area contributed by atoms with Crippen LogP contribution in [0.3, 0.4) is 0 Å². The normalized spacial score (nSPS) is 20.1. The van der Waals surface area contributed by atoms with Gasteiger partial charge in [0.25, 0.3) is 0 Å².